The molecule has 0 saturated carbocycles. The van der Waals surface area contributed by atoms with E-state index in [1.54, 1.807) is 36.4 Å². The van der Waals surface area contributed by atoms with Crippen molar-refractivity contribution >= 4 is 56.5 Å². The highest BCUT2D eigenvalue weighted by atomic mass is 32.2. The Bertz CT molecular complexity index is 2060. The van der Waals surface area contributed by atoms with Gasteiger partial charge < -0.3 is 24.1 Å². The molecule has 1 aliphatic heterocycles. The van der Waals surface area contributed by atoms with E-state index in [0.717, 1.165) is 35.6 Å². The molecule has 1 atom stereocenters. The third-order valence-corrected chi connectivity index (χ3v) is 10.5. The number of benzene rings is 4. The molecule has 1 N–H and O–H groups in total. The van der Waals surface area contributed by atoms with Gasteiger partial charge in [0.25, 0.3) is 5.78 Å². The van der Waals surface area contributed by atoms with Gasteiger partial charge in [-0.05, 0) is 58.7 Å². The second-order valence-corrected chi connectivity index (χ2v) is 13.7. The Balaban J connectivity index is 1.39. The number of aromatic nitrogens is 2. The van der Waals surface area contributed by atoms with Crippen LogP contribution >= 0.6 is 23.1 Å². The number of amides is 1. The van der Waals surface area contributed by atoms with E-state index in [9.17, 15) is 14.7 Å². The van der Waals surface area contributed by atoms with Gasteiger partial charge in [0.2, 0.25) is 5.13 Å². The van der Waals surface area contributed by atoms with Crippen LogP contribution in [0.25, 0.3) is 16.5 Å². The molecule has 1 fully saturated rings. The van der Waals surface area contributed by atoms with Crippen molar-refractivity contribution in [3.8, 4) is 23.0 Å². The van der Waals surface area contributed by atoms with Gasteiger partial charge in [0.1, 0.15) is 5.76 Å². The normalized spacial score (nSPS) is 15.4. The van der Waals surface area contributed by atoms with Gasteiger partial charge in [0.05, 0.1) is 39.6 Å². The topological polar surface area (TPSA) is 120 Å². The quantitative estimate of drug-likeness (QED) is 0.0301. The summed E-state index contributed by atoms with van der Waals surface area (Å²) < 4.78 is 23.1. The molecule has 0 spiro atoms. The summed E-state index contributed by atoms with van der Waals surface area (Å²) in [7, 11) is 4.51. The fourth-order valence-corrected chi connectivity index (χ4v) is 7.78. The van der Waals surface area contributed by atoms with Crippen molar-refractivity contribution in [3.63, 3.8) is 0 Å². The molecule has 0 bridgehead atoms. The lowest BCUT2D eigenvalue weighted by Crippen LogP contribution is -2.29. The van der Waals surface area contributed by atoms with Crippen LogP contribution in [0.15, 0.2) is 88.8 Å². The summed E-state index contributed by atoms with van der Waals surface area (Å²) in [5, 5.41) is 23.0. The van der Waals surface area contributed by atoms with Crippen molar-refractivity contribution in [1.29, 1.82) is 0 Å². The van der Waals surface area contributed by atoms with E-state index in [1.807, 2.05) is 18.2 Å². The second kappa shape index (κ2) is 15.6. The minimum atomic E-state index is -1.05. The lowest BCUT2D eigenvalue weighted by molar-refractivity contribution is -0.132. The summed E-state index contributed by atoms with van der Waals surface area (Å²) in [5.41, 5.74) is 1.83. The second-order valence-electron chi connectivity index (χ2n) is 11.5. The standard InChI is InChI=1S/C38H37N3O7S2/c1-5-6-9-19-48-29-18-15-24(20-31(29)47-4)33-32(34(42)25-16-17-28(45-2)30(21-25)46-3)35(43)36(44)41(33)37-39-40-38(50-37)49-22-26-13-10-12-23-11-7-8-14-27(23)26/h7-8,10-18,20-21,33,42H,5-6,9,19,22H2,1-4H3/b34-32+. The molecular weight excluding hydrogens is 675 g/mol. The Hall–Kier alpha value is -5.07. The van der Waals surface area contributed by atoms with Crippen LogP contribution in [0.1, 0.15) is 48.9 Å². The number of Topliss-reactive ketones (excluding diaryl/α,β-unsaturated/α-hetero) is 1. The predicted octanol–water partition coefficient (Wildman–Crippen LogP) is 8.20. The van der Waals surface area contributed by atoms with Crippen LogP contribution < -0.4 is 23.8 Å². The molecule has 6 rings (SSSR count). The van der Waals surface area contributed by atoms with E-state index in [4.69, 9.17) is 18.9 Å². The number of hydrogen-bond donors (Lipinski definition) is 1. The van der Waals surface area contributed by atoms with Crippen LogP contribution in [0.4, 0.5) is 5.13 Å². The zero-order valence-corrected chi connectivity index (χ0v) is 29.8. The van der Waals surface area contributed by atoms with Crippen molar-refractivity contribution in [1.82, 2.24) is 10.2 Å². The number of rotatable bonds is 14. The maximum atomic E-state index is 13.9. The van der Waals surface area contributed by atoms with E-state index >= 15 is 0 Å². The molecular formula is C38H37N3O7S2. The molecule has 258 valence electrons. The highest BCUT2D eigenvalue weighted by Gasteiger charge is 2.48. The third-order valence-electron chi connectivity index (χ3n) is 8.44. The largest absolute Gasteiger partial charge is 0.507 e. The number of carbonyl (C=O) groups excluding carboxylic acids is 2. The van der Waals surface area contributed by atoms with E-state index in [2.05, 4.69) is 41.4 Å². The monoisotopic (exact) mass is 711 g/mol. The number of aliphatic hydroxyl groups excluding tert-OH is 1. The summed E-state index contributed by atoms with van der Waals surface area (Å²) >= 11 is 2.70. The average Bonchev–Trinajstić information content (AvgIpc) is 3.73. The number of anilines is 1. The first kappa shape index (κ1) is 34.8. The summed E-state index contributed by atoms with van der Waals surface area (Å²) in [5.74, 6) is 0.332. The zero-order chi connectivity index (χ0) is 35.2. The van der Waals surface area contributed by atoms with Crippen LogP contribution in [-0.4, -0.2) is 54.9 Å². The van der Waals surface area contributed by atoms with Crippen LogP contribution in [0.2, 0.25) is 0 Å². The summed E-state index contributed by atoms with van der Waals surface area (Å²) in [6.45, 7) is 2.64. The van der Waals surface area contributed by atoms with Crippen LogP contribution in [0.5, 0.6) is 23.0 Å². The number of fused-ring (bicyclic) bond motifs is 1. The lowest BCUT2D eigenvalue weighted by Gasteiger charge is -2.23. The van der Waals surface area contributed by atoms with Gasteiger partial charge in [0, 0.05) is 11.3 Å². The van der Waals surface area contributed by atoms with Gasteiger partial charge in [0.15, 0.2) is 27.3 Å². The van der Waals surface area contributed by atoms with Gasteiger partial charge in [-0.1, -0.05) is 91.4 Å². The number of nitrogens with zero attached hydrogens (tertiary/aromatic N) is 3. The van der Waals surface area contributed by atoms with Crippen molar-refractivity contribution in [2.45, 2.75) is 42.3 Å². The summed E-state index contributed by atoms with van der Waals surface area (Å²) in [6, 6.07) is 23.3. The molecule has 1 unspecified atom stereocenters. The number of ketones is 1. The number of unbranched alkanes of at least 4 members (excludes halogenated alkanes) is 2. The predicted molar refractivity (Wildman–Crippen MR) is 196 cm³/mol. The first-order valence-corrected chi connectivity index (χ1v) is 18.0. The summed E-state index contributed by atoms with van der Waals surface area (Å²) in [6.07, 6.45) is 2.99. The van der Waals surface area contributed by atoms with Crippen molar-refractivity contribution < 1.29 is 33.6 Å². The zero-order valence-electron chi connectivity index (χ0n) is 28.2. The van der Waals surface area contributed by atoms with Crippen molar-refractivity contribution in [2.75, 3.05) is 32.8 Å². The summed E-state index contributed by atoms with van der Waals surface area (Å²) in [4.78, 5) is 29.0. The molecule has 1 saturated heterocycles. The molecule has 2 heterocycles. The highest BCUT2D eigenvalue weighted by molar-refractivity contribution is 8.00. The van der Waals surface area contributed by atoms with Gasteiger partial charge >= 0.3 is 5.91 Å². The molecule has 50 heavy (non-hydrogen) atoms. The number of thioether (sulfide) groups is 1. The maximum absolute atomic E-state index is 13.9. The van der Waals surface area contributed by atoms with Crippen LogP contribution in [0, 0.1) is 0 Å². The van der Waals surface area contributed by atoms with Crippen molar-refractivity contribution in [3.05, 3.63) is 101 Å². The van der Waals surface area contributed by atoms with E-state index < -0.39 is 17.7 Å². The fourth-order valence-electron chi connectivity index (χ4n) is 5.91. The van der Waals surface area contributed by atoms with E-state index in [-0.39, 0.29) is 22.0 Å². The van der Waals surface area contributed by atoms with E-state index in [0.29, 0.717) is 45.3 Å². The smallest absolute Gasteiger partial charge is 0.301 e. The molecule has 10 nitrogen and oxygen atoms in total. The molecule has 4 aromatic carbocycles. The first-order chi connectivity index (χ1) is 24.4. The van der Waals surface area contributed by atoms with Crippen molar-refractivity contribution in [2.24, 2.45) is 0 Å². The number of hydrogen-bond acceptors (Lipinski definition) is 11. The third kappa shape index (κ3) is 6.99. The number of methoxy groups -OCH3 is 3. The SMILES string of the molecule is CCCCCOc1ccc(C2/C(=C(\O)c3ccc(OC)c(OC)c3)C(=O)C(=O)N2c2nnc(SCc3cccc4ccccc34)s2)cc1OC. The first-order valence-electron chi connectivity index (χ1n) is 16.2. The molecule has 1 aliphatic rings. The number of aliphatic hydroxyl groups is 1. The molecule has 0 radical (unpaired) electrons. The molecule has 1 amide bonds. The van der Waals surface area contributed by atoms with Crippen LogP contribution in [-0.2, 0) is 15.3 Å². The Morgan fingerprint density at radius 2 is 1.60 bits per heavy atom. The highest BCUT2D eigenvalue weighted by Crippen LogP contribution is 2.46. The Labute approximate surface area is 298 Å². The number of carbonyl (C=O) groups is 2. The molecule has 0 aliphatic carbocycles. The number of ether oxygens (including phenoxy) is 4. The Morgan fingerprint density at radius 3 is 2.38 bits per heavy atom. The minimum Gasteiger partial charge on any atom is -0.507 e. The lowest BCUT2D eigenvalue weighted by atomic mass is 9.95. The Morgan fingerprint density at radius 1 is 0.860 bits per heavy atom. The van der Waals surface area contributed by atoms with Gasteiger partial charge in [-0.2, -0.15) is 0 Å². The Kier molecular flexibility index (Phi) is 10.9. The minimum absolute atomic E-state index is 0.110. The van der Waals surface area contributed by atoms with Gasteiger partial charge in [-0.15, -0.1) is 10.2 Å². The fraction of sp³-hybridized carbons (Fsp3) is 0.263. The maximum Gasteiger partial charge on any atom is 0.301 e. The molecule has 12 heteroatoms. The van der Waals surface area contributed by atoms with Gasteiger partial charge in [-0.3, -0.25) is 14.5 Å². The molecule has 1 aromatic heterocycles. The molecule has 5 aromatic rings. The van der Waals surface area contributed by atoms with E-state index in [1.165, 1.54) is 49.3 Å². The van der Waals surface area contributed by atoms with Crippen LogP contribution in [0.3, 0.4) is 0 Å². The van der Waals surface area contributed by atoms with Gasteiger partial charge in [-0.25, -0.2) is 0 Å². The average molecular weight is 712 g/mol.